The summed E-state index contributed by atoms with van der Waals surface area (Å²) in [6, 6.07) is 9.98. The minimum absolute atomic E-state index is 0.0989. The molecule has 0 radical (unpaired) electrons. The second kappa shape index (κ2) is 7.85. The summed E-state index contributed by atoms with van der Waals surface area (Å²) in [5, 5.41) is 0. The first-order chi connectivity index (χ1) is 11.3. The molecule has 1 aromatic carbocycles. The second-order valence-corrected chi connectivity index (χ2v) is 8.53. The number of halogens is 1. The molecule has 0 fully saturated rings. The number of aromatic nitrogens is 1. The van der Waals surface area contributed by atoms with Crippen LogP contribution >= 0.6 is 0 Å². The third-order valence-corrected chi connectivity index (χ3v) is 5.11. The third kappa shape index (κ3) is 5.11. The summed E-state index contributed by atoms with van der Waals surface area (Å²) >= 11 is 0. The standard InChI is InChI=1S/C18H23FN2O2S/c1-13(21-24(22)18(2,3)4)14-9-10-17(20-11-14)23-12-15-7-5-6-8-16(15)19/h5-11,13,21H,12H2,1-4H3/t13-,24?/m1/s1. The molecule has 6 heteroatoms. The lowest BCUT2D eigenvalue weighted by atomic mass is 10.2. The largest absolute Gasteiger partial charge is 0.473 e. The Bertz CT molecular complexity index is 699. The highest BCUT2D eigenvalue weighted by Gasteiger charge is 2.21. The summed E-state index contributed by atoms with van der Waals surface area (Å²) in [5.41, 5.74) is 1.39. The maximum absolute atomic E-state index is 13.5. The molecule has 0 saturated heterocycles. The molecule has 2 aromatic rings. The summed E-state index contributed by atoms with van der Waals surface area (Å²) in [6.45, 7) is 7.81. The van der Waals surface area contributed by atoms with Crippen LogP contribution in [0.4, 0.5) is 4.39 Å². The fourth-order valence-electron chi connectivity index (χ4n) is 1.91. The Hall–Kier alpha value is -1.79. The van der Waals surface area contributed by atoms with Crippen LogP contribution in [0.2, 0.25) is 0 Å². The molecule has 0 saturated carbocycles. The molecule has 1 aromatic heterocycles. The van der Waals surface area contributed by atoms with Crippen LogP contribution in [0, 0.1) is 5.82 Å². The van der Waals surface area contributed by atoms with Gasteiger partial charge >= 0.3 is 0 Å². The molecule has 2 atom stereocenters. The van der Waals surface area contributed by atoms with E-state index in [1.54, 1.807) is 30.5 Å². The first kappa shape index (κ1) is 18.5. The monoisotopic (exact) mass is 350 g/mol. The molecule has 2 rings (SSSR count). The minimum Gasteiger partial charge on any atom is -0.473 e. The SMILES string of the molecule is C[C@@H](NS(=O)C(C)(C)C)c1ccc(OCc2ccccc2F)nc1. The van der Waals surface area contributed by atoms with E-state index in [4.69, 9.17) is 4.74 Å². The van der Waals surface area contributed by atoms with Gasteiger partial charge in [-0.2, -0.15) is 0 Å². The summed E-state index contributed by atoms with van der Waals surface area (Å²) in [5.74, 6) is 0.128. The third-order valence-electron chi connectivity index (χ3n) is 3.43. The zero-order chi connectivity index (χ0) is 17.7. The highest BCUT2D eigenvalue weighted by Crippen LogP contribution is 2.19. The van der Waals surface area contributed by atoms with Crippen LogP contribution < -0.4 is 9.46 Å². The average molecular weight is 350 g/mol. The van der Waals surface area contributed by atoms with Crippen LogP contribution in [-0.4, -0.2) is 13.9 Å². The summed E-state index contributed by atoms with van der Waals surface area (Å²) in [6.07, 6.45) is 1.67. The van der Waals surface area contributed by atoms with Gasteiger partial charge in [0.25, 0.3) is 0 Å². The Morgan fingerprint density at radius 1 is 1.25 bits per heavy atom. The molecule has 0 bridgehead atoms. The van der Waals surface area contributed by atoms with E-state index in [-0.39, 0.29) is 23.2 Å². The van der Waals surface area contributed by atoms with E-state index in [0.717, 1.165) is 5.56 Å². The minimum atomic E-state index is -1.15. The van der Waals surface area contributed by atoms with E-state index < -0.39 is 11.0 Å². The molecule has 0 spiro atoms. The smallest absolute Gasteiger partial charge is 0.213 e. The van der Waals surface area contributed by atoms with Crippen molar-refractivity contribution in [2.24, 2.45) is 0 Å². The van der Waals surface area contributed by atoms with E-state index in [9.17, 15) is 8.60 Å². The summed E-state index contributed by atoms with van der Waals surface area (Å²) < 4.78 is 33.9. The van der Waals surface area contributed by atoms with E-state index in [2.05, 4.69) is 9.71 Å². The normalized spacial score (nSPS) is 14.2. The fraction of sp³-hybridized carbons (Fsp3) is 0.389. The topological polar surface area (TPSA) is 51.2 Å². The van der Waals surface area contributed by atoms with E-state index >= 15 is 0 Å². The number of rotatable bonds is 6. The van der Waals surface area contributed by atoms with Crippen molar-refractivity contribution in [2.45, 2.75) is 45.1 Å². The number of pyridine rings is 1. The Morgan fingerprint density at radius 3 is 2.54 bits per heavy atom. The molecule has 0 aliphatic carbocycles. The maximum atomic E-state index is 13.5. The quantitative estimate of drug-likeness (QED) is 0.859. The highest BCUT2D eigenvalue weighted by molar-refractivity contribution is 7.84. The van der Waals surface area contributed by atoms with Crippen LogP contribution in [0.1, 0.15) is 44.9 Å². The van der Waals surface area contributed by atoms with Gasteiger partial charge < -0.3 is 4.74 Å². The highest BCUT2D eigenvalue weighted by atomic mass is 32.2. The molecule has 1 unspecified atom stereocenters. The van der Waals surface area contributed by atoms with Crippen molar-refractivity contribution >= 4 is 11.0 Å². The Labute approximate surface area is 145 Å². The maximum Gasteiger partial charge on any atom is 0.213 e. The van der Waals surface area contributed by atoms with Gasteiger partial charge in [0.1, 0.15) is 12.4 Å². The lowest BCUT2D eigenvalue weighted by molar-refractivity contribution is 0.288. The number of nitrogens with zero attached hydrogens (tertiary/aromatic N) is 1. The van der Waals surface area contributed by atoms with Crippen LogP contribution in [-0.2, 0) is 17.6 Å². The Kier molecular flexibility index (Phi) is 6.07. The Balaban J connectivity index is 1.95. The number of benzene rings is 1. The van der Waals surface area contributed by atoms with Crippen molar-refractivity contribution < 1.29 is 13.3 Å². The number of hydrogen-bond donors (Lipinski definition) is 1. The van der Waals surface area contributed by atoms with Gasteiger partial charge in [0.15, 0.2) is 0 Å². The van der Waals surface area contributed by atoms with Gasteiger partial charge in [-0.05, 0) is 39.3 Å². The van der Waals surface area contributed by atoms with Gasteiger partial charge in [0, 0.05) is 23.9 Å². The van der Waals surface area contributed by atoms with Crippen LogP contribution in [0.5, 0.6) is 5.88 Å². The molecule has 24 heavy (non-hydrogen) atoms. The van der Waals surface area contributed by atoms with Gasteiger partial charge in [0.2, 0.25) is 5.88 Å². The molecule has 130 valence electrons. The molecule has 0 aliphatic heterocycles. The molecular weight excluding hydrogens is 327 g/mol. The van der Waals surface area contributed by atoms with Gasteiger partial charge in [-0.15, -0.1) is 0 Å². The lowest BCUT2D eigenvalue weighted by Crippen LogP contribution is -2.34. The van der Waals surface area contributed by atoms with Crippen LogP contribution in [0.3, 0.4) is 0 Å². The molecular formula is C18H23FN2O2S. The number of ether oxygens (including phenoxy) is 1. The van der Waals surface area contributed by atoms with Crippen molar-refractivity contribution in [3.63, 3.8) is 0 Å². The first-order valence-electron chi connectivity index (χ1n) is 7.77. The van der Waals surface area contributed by atoms with Crippen molar-refractivity contribution in [3.05, 3.63) is 59.5 Å². The van der Waals surface area contributed by atoms with Crippen molar-refractivity contribution in [3.8, 4) is 5.88 Å². The molecule has 4 nitrogen and oxygen atoms in total. The predicted octanol–water partition coefficient (Wildman–Crippen LogP) is 3.91. The van der Waals surface area contributed by atoms with E-state index in [1.165, 1.54) is 6.07 Å². The molecule has 1 N–H and O–H groups in total. The number of nitrogens with one attached hydrogen (secondary N) is 1. The van der Waals surface area contributed by atoms with Crippen molar-refractivity contribution in [1.29, 1.82) is 0 Å². The first-order valence-corrected chi connectivity index (χ1v) is 8.92. The fourth-order valence-corrected chi connectivity index (χ4v) is 2.72. The molecule has 1 heterocycles. The zero-order valence-electron chi connectivity index (χ0n) is 14.4. The van der Waals surface area contributed by atoms with Gasteiger partial charge in [-0.25, -0.2) is 18.3 Å². The van der Waals surface area contributed by atoms with Gasteiger partial charge in [-0.3, -0.25) is 0 Å². The van der Waals surface area contributed by atoms with Gasteiger partial charge in [0.05, 0.1) is 15.7 Å². The van der Waals surface area contributed by atoms with E-state index in [0.29, 0.717) is 11.4 Å². The van der Waals surface area contributed by atoms with Crippen LogP contribution in [0.25, 0.3) is 0 Å². The number of hydrogen-bond acceptors (Lipinski definition) is 3. The predicted molar refractivity (Wildman–Crippen MR) is 94.4 cm³/mol. The Morgan fingerprint density at radius 2 is 1.96 bits per heavy atom. The zero-order valence-corrected chi connectivity index (χ0v) is 15.2. The van der Waals surface area contributed by atoms with Crippen molar-refractivity contribution in [1.82, 2.24) is 9.71 Å². The van der Waals surface area contributed by atoms with Crippen LogP contribution in [0.15, 0.2) is 42.6 Å². The molecule has 0 aliphatic rings. The summed E-state index contributed by atoms with van der Waals surface area (Å²) in [4.78, 5) is 4.23. The van der Waals surface area contributed by atoms with Gasteiger partial charge in [-0.1, -0.05) is 24.3 Å². The average Bonchev–Trinajstić information content (AvgIpc) is 2.53. The lowest BCUT2D eigenvalue weighted by Gasteiger charge is -2.22. The second-order valence-electron chi connectivity index (χ2n) is 6.53. The van der Waals surface area contributed by atoms with E-state index in [1.807, 2.05) is 33.8 Å². The molecule has 0 amide bonds. The summed E-state index contributed by atoms with van der Waals surface area (Å²) in [7, 11) is -1.15. The van der Waals surface area contributed by atoms with Crippen molar-refractivity contribution in [2.75, 3.05) is 0 Å².